The zero-order valence-electron chi connectivity index (χ0n) is 10.3. The number of carbonyl (C=O) groups excluding carboxylic acids is 1. The average Bonchev–Trinajstić information content (AvgIpc) is 2.87. The molecule has 100 valence electrons. The van der Waals surface area contributed by atoms with Gasteiger partial charge in [-0.15, -0.1) is 0 Å². The number of H-pyrrole nitrogens is 1. The Bertz CT molecular complexity index is 634. The first kappa shape index (κ1) is 13.3. The van der Waals surface area contributed by atoms with Gasteiger partial charge >= 0.3 is 5.97 Å². The second-order valence-electron chi connectivity index (χ2n) is 3.77. The van der Waals surface area contributed by atoms with Gasteiger partial charge in [0.2, 0.25) is 0 Å². The molecule has 7 heteroatoms. The van der Waals surface area contributed by atoms with E-state index in [1.165, 1.54) is 11.3 Å². The van der Waals surface area contributed by atoms with E-state index < -0.39 is 11.5 Å². The number of aromatic nitrogens is 2. The Morgan fingerprint density at radius 2 is 2.37 bits per heavy atom. The molecule has 2 aromatic heterocycles. The largest absolute Gasteiger partial charge is 0.466 e. The minimum atomic E-state index is -0.496. The van der Waals surface area contributed by atoms with Gasteiger partial charge in [-0.05, 0) is 18.4 Å². The summed E-state index contributed by atoms with van der Waals surface area (Å²) in [5, 5.41) is 3.72. The molecule has 0 fully saturated rings. The van der Waals surface area contributed by atoms with E-state index in [9.17, 15) is 9.59 Å². The quantitative estimate of drug-likeness (QED) is 0.819. The lowest BCUT2D eigenvalue weighted by Gasteiger charge is -2.06. The molecule has 0 aromatic carbocycles. The first-order chi connectivity index (χ1) is 9.11. The van der Waals surface area contributed by atoms with Gasteiger partial charge in [-0.3, -0.25) is 9.59 Å². The Labute approximate surface area is 113 Å². The third-order valence-electron chi connectivity index (χ3n) is 2.47. The minimum Gasteiger partial charge on any atom is -0.466 e. The van der Waals surface area contributed by atoms with Crippen molar-refractivity contribution in [2.75, 3.05) is 12.3 Å². The number of nitrogens with one attached hydrogen (secondary N) is 1. The second kappa shape index (κ2) is 5.66. The van der Waals surface area contributed by atoms with Crippen molar-refractivity contribution in [3.63, 3.8) is 0 Å². The Balaban J connectivity index is 2.33. The molecule has 0 atom stereocenters. The number of esters is 1. The van der Waals surface area contributed by atoms with Crippen LogP contribution in [-0.4, -0.2) is 22.5 Å². The number of hydrogen-bond donors (Lipinski definition) is 2. The molecule has 0 amide bonds. The van der Waals surface area contributed by atoms with Crippen molar-refractivity contribution in [1.29, 1.82) is 0 Å². The molecule has 0 radical (unpaired) electrons. The highest BCUT2D eigenvalue weighted by molar-refractivity contribution is 7.08. The molecule has 0 unspecified atom stereocenters. The van der Waals surface area contributed by atoms with Gasteiger partial charge in [0.25, 0.3) is 5.56 Å². The van der Waals surface area contributed by atoms with Crippen molar-refractivity contribution in [2.45, 2.75) is 13.3 Å². The Hall–Kier alpha value is -2.15. The van der Waals surface area contributed by atoms with Crippen molar-refractivity contribution < 1.29 is 9.53 Å². The molecule has 6 nitrogen and oxygen atoms in total. The summed E-state index contributed by atoms with van der Waals surface area (Å²) < 4.78 is 4.78. The fraction of sp³-hybridized carbons (Fsp3) is 0.250. The second-order valence-corrected chi connectivity index (χ2v) is 4.55. The van der Waals surface area contributed by atoms with Crippen LogP contribution in [0.2, 0.25) is 0 Å². The molecule has 0 aliphatic carbocycles. The molecule has 0 bridgehead atoms. The van der Waals surface area contributed by atoms with Crippen LogP contribution < -0.4 is 11.3 Å². The summed E-state index contributed by atoms with van der Waals surface area (Å²) in [6, 6.07) is 1.83. The molecule has 0 aliphatic heterocycles. The van der Waals surface area contributed by atoms with Crippen LogP contribution in [0.5, 0.6) is 0 Å². The Morgan fingerprint density at radius 1 is 1.58 bits per heavy atom. The fourth-order valence-electron chi connectivity index (χ4n) is 1.58. The monoisotopic (exact) mass is 279 g/mol. The van der Waals surface area contributed by atoms with Gasteiger partial charge in [0, 0.05) is 10.9 Å². The molecule has 0 saturated carbocycles. The molecular weight excluding hydrogens is 266 g/mol. The summed E-state index contributed by atoms with van der Waals surface area (Å²) >= 11 is 1.49. The predicted octanol–water partition coefficient (Wildman–Crippen LogP) is 1.19. The van der Waals surface area contributed by atoms with Crippen LogP contribution in [0.15, 0.2) is 21.6 Å². The number of anilines is 1. The lowest BCUT2D eigenvalue weighted by Crippen LogP contribution is -2.22. The molecule has 2 heterocycles. The first-order valence-corrected chi connectivity index (χ1v) is 6.63. The summed E-state index contributed by atoms with van der Waals surface area (Å²) in [5.74, 6) is -0.0425. The molecule has 3 N–H and O–H groups in total. The number of nitrogen functional groups attached to an aromatic ring is 1. The van der Waals surface area contributed by atoms with E-state index in [1.54, 1.807) is 6.92 Å². The van der Waals surface area contributed by atoms with Gasteiger partial charge in [-0.25, -0.2) is 4.98 Å². The van der Waals surface area contributed by atoms with Crippen LogP contribution in [0.25, 0.3) is 11.4 Å². The van der Waals surface area contributed by atoms with Gasteiger partial charge in [0.15, 0.2) is 0 Å². The predicted molar refractivity (Wildman–Crippen MR) is 72.9 cm³/mol. The summed E-state index contributed by atoms with van der Waals surface area (Å²) in [6.45, 7) is 1.96. The van der Waals surface area contributed by atoms with Crippen LogP contribution in [0, 0.1) is 0 Å². The van der Waals surface area contributed by atoms with E-state index in [1.807, 2.05) is 16.8 Å². The van der Waals surface area contributed by atoms with Gasteiger partial charge in [-0.2, -0.15) is 11.3 Å². The number of hydrogen-bond acceptors (Lipinski definition) is 6. The lowest BCUT2D eigenvalue weighted by atomic mass is 10.2. The van der Waals surface area contributed by atoms with Gasteiger partial charge in [0.1, 0.15) is 11.6 Å². The van der Waals surface area contributed by atoms with Crippen molar-refractivity contribution in [2.24, 2.45) is 0 Å². The van der Waals surface area contributed by atoms with E-state index in [-0.39, 0.29) is 24.4 Å². The van der Waals surface area contributed by atoms with Crippen molar-refractivity contribution in [1.82, 2.24) is 9.97 Å². The highest BCUT2D eigenvalue weighted by Gasteiger charge is 2.14. The van der Waals surface area contributed by atoms with E-state index in [0.717, 1.165) is 5.56 Å². The molecular formula is C12H13N3O3S. The van der Waals surface area contributed by atoms with Crippen LogP contribution in [0.4, 0.5) is 5.82 Å². The topological polar surface area (TPSA) is 98.1 Å². The van der Waals surface area contributed by atoms with Crippen molar-refractivity contribution in [3.05, 3.63) is 32.7 Å². The standard InChI is InChI=1S/C12H13N3O3S/c1-2-18-9(16)5-8-10(13)14-11(15-12(8)17)7-3-4-19-6-7/h3-4,6H,2,5H2,1H3,(H3,13,14,15,17). The summed E-state index contributed by atoms with van der Waals surface area (Å²) in [6.07, 6.45) is -0.175. The van der Waals surface area contributed by atoms with Crippen LogP contribution in [0.1, 0.15) is 12.5 Å². The molecule has 2 rings (SSSR count). The average molecular weight is 279 g/mol. The van der Waals surface area contributed by atoms with Gasteiger partial charge in [0.05, 0.1) is 18.6 Å². The third-order valence-corrected chi connectivity index (χ3v) is 3.15. The smallest absolute Gasteiger partial charge is 0.310 e. The Morgan fingerprint density at radius 3 is 2.95 bits per heavy atom. The molecule has 0 aliphatic rings. The van der Waals surface area contributed by atoms with Crippen molar-refractivity contribution >= 4 is 23.1 Å². The molecule has 0 saturated heterocycles. The number of aromatic amines is 1. The zero-order valence-corrected chi connectivity index (χ0v) is 11.1. The van der Waals surface area contributed by atoms with E-state index >= 15 is 0 Å². The summed E-state index contributed by atoms with van der Waals surface area (Å²) in [5.41, 5.74) is 6.25. The maximum atomic E-state index is 11.9. The Kier molecular flexibility index (Phi) is 3.96. The first-order valence-electron chi connectivity index (χ1n) is 5.68. The summed E-state index contributed by atoms with van der Waals surface area (Å²) in [4.78, 5) is 30.0. The van der Waals surface area contributed by atoms with Crippen molar-refractivity contribution in [3.8, 4) is 11.4 Å². The lowest BCUT2D eigenvalue weighted by molar-refractivity contribution is -0.142. The number of carbonyl (C=O) groups is 1. The number of rotatable bonds is 4. The number of nitrogens with zero attached hydrogens (tertiary/aromatic N) is 1. The van der Waals surface area contributed by atoms with Crippen LogP contribution >= 0.6 is 11.3 Å². The SMILES string of the molecule is CCOC(=O)Cc1c(N)nc(-c2ccsc2)[nH]c1=O. The maximum Gasteiger partial charge on any atom is 0.310 e. The van der Waals surface area contributed by atoms with E-state index in [0.29, 0.717) is 5.82 Å². The van der Waals surface area contributed by atoms with Gasteiger partial charge < -0.3 is 15.5 Å². The highest BCUT2D eigenvalue weighted by Crippen LogP contribution is 2.18. The minimum absolute atomic E-state index is 0.0537. The van der Waals surface area contributed by atoms with Crippen LogP contribution in [0.3, 0.4) is 0 Å². The number of thiophene rings is 1. The third kappa shape index (κ3) is 3.00. The highest BCUT2D eigenvalue weighted by atomic mass is 32.1. The zero-order chi connectivity index (χ0) is 13.8. The summed E-state index contributed by atoms with van der Waals surface area (Å²) in [7, 11) is 0. The number of nitrogens with two attached hydrogens (primary N) is 1. The van der Waals surface area contributed by atoms with E-state index in [2.05, 4.69) is 9.97 Å². The van der Waals surface area contributed by atoms with Crippen LogP contribution in [-0.2, 0) is 16.0 Å². The fourth-order valence-corrected chi connectivity index (χ4v) is 2.22. The molecule has 2 aromatic rings. The normalized spacial score (nSPS) is 10.4. The van der Waals surface area contributed by atoms with Gasteiger partial charge in [-0.1, -0.05) is 0 Å². The maximum absolute atomic E-state index is 11.9. The molecule has 0 spiro atoms. The van der Waals surface area contributed by atoms with E-state index in [4.69, 9.17) is 10.5 Å². The number of ether oxygens (including phenoxy) is 1. The molecule has 19 heavy (non-hydrogen) atoms.